The van der Waals surface area contributed by atoms with Gasteiger partial charge in [0.1, 0.15) is 5.00 Å². The van der Waals surface area contributed by atoms with Crippen LogP contribution in [-0.2, 0) is 4.74 Å². The second-order valence-corrected chi connectivity index (χ2v) is 7.98. The highest BCUT2D eigenvalue weighted by atomic mass is 127. The van der Waals surface area contributed by atoms with Gasteiger partial charge < -0.3 is 10.1 Å². The average molecular weight is 421 g/mol. The van der Waals surface area contributed by atoms with E-state index >= 15 is 0 Å². The average Bonchev–Trinajstić information content (AvgIpc) is 2.96. The van der Waals surface area contributed by atoms with Gasteiger partial charge >= 0.3 is 5.97 Å². The summed E-state index contributed by atoms with van der Waals surface area (Å²) in [5, 5.41) is 5.11. The molecule has 0 spiro atoms. The van der Waals surface area contributed by atoms with E-state index in [-0.39, 0.29) is 5.91 Å². The quantitative estimate of drug-likeness (QED) is 0.596. The molecule has 0 unspecified atom stereocenters. The molecule has 2 aromatic heterocycles. The van der Waals surface area contributed by atoms with Crippen LogP contribution >= 0.6 is 45.3 Å². The minimum atomic E-state index is -0.410. The highest BCUT2D eigenvalue weighted by Crippen LogP contribution is 2.29. The van der Waals surface area contributed by atoms with Crippen LogP contribution in [0, 0.1) is 9.81 Å². The van der Waals surface area contributed by atoms with Gasteiger partial charge in [0.15, 0.2) is 0 Å². The van der Waals surface area contributed by atoms with E-state index in [4.69, 9.17) is 4.74 Å². The number of amides is 1. The third kappa shape index (κ3) is 3.58. The summed E-state index contributed by atoms with van der Waals surface area (Å²) in [6.45, 7) is 3.95. The van der Waals surface area contributed by atoms with Crippen LogP contribution in [0.25, 0.3) is 0 Å². The number of halogens is 1. The highest BCUT2D eigenvalue weighted by molar-refractivity contribution is 14.1. The lowest BCUT2D eigenvalue weighted by atomic mass is 10.2. The molecule has 0 aliphatic rings. The molecule has 0 saturated carbocycles. The van der Waals surface area contributed by atoms with Gasteiger partial charge in [-0.05, 0) is 48.6 Å². The van der Waals surface area contributed by atoms with E-state index in [0.29, 0.717) is 22.7 Å². The number of thiophene rings is 2. The first-order valence-corrected chi connectivity index (χ1v) is 8.61. The SMILES string of the molecule is CCOC(=O)c1cc(C)sc1NC(=O)c1csc(I)c1. The van der Waals surface area contributed by atoms with Gasteiger partial charge in [-0.15, -0.1) is 22.7 Å². The van der Waals surface area contributed by atoms with Crippen LogP contribution in [0.3, 0.4) is 0 Å². The molecular formula is C13H12INO3S2. The van der Waals surface area contributed by atoms with Crippen molar-refractivity contribution in [2.75, 3.05) is 11.9 Å². The van der Waals surface area contributed by atoms with Crippen molar-refractivity contribution >= 4 is 62.1 Å². The van der Waals surface area contributed by atoms with E-state index in [9.17, 15) is 9.59 Å². The topological polar surface area (TPSA) is 55.4 Å². The Labute approximate surface area is 138 Å². The first-order valence-electron chi connectivity index (χ1n) is 5.84. The van der Waals surface area contributed by atoms with Crippen LogP contribution in [0.4, 0.5) is 5.00 Å². The molecule has 0 bridgehead atoms. The van der Waals surface area contributed by atoms with E-state index in [2.05, 4.69) is 27.9 Å². The summed E-state index contributed by atoms with van der Waals surface area (Å²) in [6.07, 6.45) is 0. The van der Waals surface area contributed by atoms with Crippen molar-refractivity contribution in [1.82, 2.24) is 0 Å². The Balaban J connectivity index is 2.21. The fourth-order valence-electron chi connectivity index (χ4n) is 1.57. The maximum absolute atomic E-state index is 12.1. The van der Waals surface area contributed by atoms with Crippen LogP contribution in [0.2, 0.25) is 0 Å². The Morgan fingerprint density at radius 1 is 1.40 bits per heavy atom. The number of carbonyl (C=O) groups excluding carboxylic acids is 2. The molecule has 0 aliphatic heterocycles. The summed E-state index contributed by atoms with van der Waals surface area (Å²) in [5.41, 5.74) is 1.01. The summed E-state index contributed by atoms with van der Waals surface area (Å²) in [4.78, 5) is 24.9. The first-order chi connectivity index (χ1) is 9.51. The second kappa shape index (κ2) is 6.68. The van der Waals surface area contributed by atoms with E-state index in [1.54, 1.807) is 18.4 Å². The minimum absolute atomic E-state index is 0.212. The number of carbonyl (C=O) groups is 2. The number of aryl methyl sites for hydroxylation is 1. The molecule has 4 nitrogen and oxygen atoms in total. The van der Waals surface area contributed by atoms with Gasteiger partial charge in [0, 0.05) is 10.3 Å². The van der Waals surface area contributed by atoms with Crippen LogP contribution in [0.15, 0.2) is 17.5 Å². The van der Waals surface area contributed by atoms with Gasteiger partial charge in [0.2, 0.25) is 0 Å². The number of nitrogens with one attached hydrogen (secondary N) is 1. The highest BCUT2D eigenvalue weighted by Gasteiger charge is 2.18. The zero-order valence-corrected chi connectivity index (χ0v) is 14.6. The van der Waals surface area contributed by atoms with Gasteiger partial charge in [-0.1, -0.05) is 0 Å². The van der Waals surface area contributed by atoms with Gasteiger partial charge in [0.05, 0.1) is 20.6 Å². The van der Waals surface area contributed by atoms with E-state index in [1.807, 2.05) is 13.0 Å². The lowest BCUT2D eigenvalue weighted by molar-refractivity contribution is 0.0528. The van der Waals surface area contributed by atoms with Gasteiger partial charge in [-0.3, -0.25) is 4.79 Å². The zero-order valence-electron chi connectivity index (χ0n) is 10.9. The molecule has 0 atom stereocenters. The maximum Gasteiger partial charge on any atom is 0.341 e. The van der Waals surface area contributed by atoms with Gasteiger partial charge in [0.25, 0.3) is 5.91 Å². The number of anilines is 1. The molecule has 1 N–H and O–H groups in total. The fourth-order valence-corrected chi connectivity index (χ4v) is 3.79. The van der Waals surface area contributed by atoms with E-state index < -0.39 is 5.97 Å². The summed E-state index contributed by atoms with van der Waals surface area (Å²) >= 11 is 5.04. The van der Waals surface area contributed by atoms with Crippen molar-refractivity contribution in [2.45, 2.75) is 13.8 Å². The summed E-state index contributed by atoms with van der Waals surface area (Å²) in [5.74, 6) is -0.622. The number of rotatable bonds is 4. The van der Waals surface area contributed by atoms with Gasteiger partial charge in [-0.2, -0.15) is 0 Å². The molecule has 1 amide bonds. The summed E-state index contributed by atoms with van der Waals surface area (Å²) in [6, 6.07) is 3.54. The van der Waals surface area contributed by atoms with Crippen LogP contribution in [-0.4, -0.2) is 18.5 Å². The molecule has 0 aliphatic carbocycles. The number of esters is 1. The van der Waals surface area contributed by atoms with Crippen molar-refractivity contribution in [3.63, 3.8) is 0 Å². The van der Waals surface area contributed by atoms with Crippen molar-refractivity contribution in [3.8, 4) is 0 Å². The normalized spacial score (nSPS) is 10.3. The Morgan fingerprint density at radius 2 is 2.15 bits per heavy atom. The molecular weight excluding hydrogens is 409 g/mol. The Bertz CT molecular complexity index is 648. The first kappa shape index (κ1) is 15.5. The summed E-state index contributed by atoms with van der Waals surface area (Å²) < 4.78 is 6.03. The van der Waals surface area contributed by atoms with E-state index in [1.165, 1.54) is 22.7 Å². The third-order valence-corrected chi connectivity index (χ3v) is 5.16. The van der Waals surface area contributed by atoms with Crippen LogP contribution in [0.5, 0.6) is 0 Å². The van der Waals surface area contributed by atoms with Crippen molar-refractivity contribution in [2.24, 2.45) is 0 Å². The number of ether oxygens (including phenoxy) is 1. The van der Waals surface area contributed by atoms with Crippen molar-refractivity contribution < 1.29 is 14.3 Å². The second-order valence-electron chi connectivity index (χ2n) is 3.91. The zero-order chi connectivity index (χ0) is 14.7. The van der Waals surface area contributed by atoms with Crippen LogP contribution < -0.4 is 5.32 Å². The van der Waals surface area contributed by atoms with Crippen molar-refractivity contribution in [1.29, 1.82) is 0 Å². The fraction of sp³-hybridized carbons (Fsp3) is 0.231. The molecule has 7 heteroatoms. The molecule has 2 heterocycles. The third-order valence-electron chi connectivity index (χ3n) is 2.41. The Kier molecular flexibility index (Phi) is 5.17. The standard InChI is InChI=1S/C13H12INO3S2/c1-3-18-13(17)9-4-7(2)20-12(9)15-11(16)8-5-10(14)19-6-8/h4-6H,3H2,1-2H3,(H,15,16). The number of hydrogen-bond donors (Lipinski definition) is 1. The predicted molar refractivity (Wildman–Crippen MR) is 90.0 cm³/mol. The Morgan fingerprint density at radius 3 is 2.75 bits per heavy atom. The predicted octanol–water partition coefficient (Wildman–Crippen LogP) is 4.15. The molecule has 0 radical (unpaired) electrons. The Hall–Kier alpha value is -0.930. The smallest absolute Gasteiger partial charge is 0.341 e. The molecule has 0 aromatic carbocycles. The van der Waals surface area contributed by atoms with Gasteiger partial charge in [-0.25, -0.2) is 4.79 Å². The van der Waals surface area contributed by atoms with E-state index in [0.717, 1.165) is 7.76 Å². The lowest BCUT2D eigenvalue weighted by Gasteiger charge is -2.04. The molecule has 106 valence electrons. The molecule has 2 rings (SSSR count). The lowest BCUT2D eigenvalue weighted by Crippen LogP contribution is -2.13. The molecule has 0 fully saturated rings. The summed E-state index contributed by atoms with van der Waals surface area (Å²) in [7, 11) is 0. The monoisotopic (exact) mass is 421 g/mol. The van der Waals surface area contributed by atoms with Crippen LogP contribution in [0.1, 0.15) is 32.5 Å². The molecule has 2 aromatic rings. The largest absolute Gasteiger partial charge is 0.462 e. The van der Waals surface area contributed by atoms with Crippen molar-refractivity contribution in [3.05, 3.63) is 36.4 Å². The molecule has 20 heavy (non-hydrogen) atoms. The maximum atomic E-state index is 12.1. The molecule has 0 saturated heterocycles. The minimum Gasteiger partial charge on any atom is -0.462 e. The number of hydrogen-bond acceptors (Lipinski definition) is 5.